The maximum absolute atomic E-state index is 12.2. The van der Waals surface area contributed by atoms with Gasteiger partial charge in [-0.1, -0.05) is 12.1 Å². The molecule has 0 spiro atoms. The first-order valence-corrected chi connectivity index (χ1v) is 7.82. The van der Waals surface area contributed by atoms with Crippen molar-refractivity contribution in [3.05, 3.63) is 52.5 Å². The zero-order valence-electron chi connectivity index (χ0n) is 13.0. The molecule has 23 heavy (non-hydrogen) atoms. The molecule has 0 heterocycles. The molecule has 0 aromatic heterocycles. The van der Waals surface area contributed by atoms with Crippen molar-refractivity contribution >= 4 is 21.8 Å². The zero-order valence-corrected chi connectivity index (χ0v) is 14.6. The zero-order chi connectivity index (χ0) is 16.7. The van der Waals surface area contributed by atoms with Crippen LogP contribution < -0.4 is 19.5 Å². The molecule has 0 saturated heterocycles. The number of halogens is 1. The first-order chi connectivity index (χ1) is 11.2. The SMILES string of the molecule is COc1ccc(Br)c(C(=O)NCCOc2ccccc2OC)c1. The van der Waals surface area contributed by atoms with Crippen molar-refractivity contribution in [2.24, 2.45) is 0 Å². The second-order valence-corrected chi connectivity index (χ2v) is 5.46. The van der Waals surface area contributed by atoms with E-state index in [0.717, 1.165) is 0 Å². The van der Waals surface area contributed by atoms with Crippen molar-refractivity contribution in [2.45, 2.75) is 0 Å². The molecule has 0 atom stereocenters. The minimum absolute atomic E-state index is 0.195. The van der Waals surface area contributed by atoms with Gasteiger partial charge in [0.25, 0.3) is 5.91 Å². The highest BCUT2D eigenvalue weighted by atomic mass is 79.9. The van der Waals surface area contributed by atoms with Crippen molar-refractivity contribution in [3.8, 4) is 17.2 Å². The highest BCUT2D eigenvalue weighted by Crippen LogP contribution is 2.25. The number of carbonyl (C=O) groups excluding carboxylic acids is 1. The summed E-state index contributed by atoms with van der Waals surface area (Å²) in [7, 11) is 3.15. The van der Waals surface area contributed by atoms with E-state index in [0.29, 0.717) is 40.4 Å². The average Bonchev–Trinajstić information content (AvgIpc) is 2.59. The molecule has 2 rings (SSSR count). The van der Waals surface area contributed by atoms with Gasteiger partial charge in [0.2, 0.25) is 0 Å². The highest BCUT2D eigenvalue weighted by Gasteiger charge is 2.11. The number of hydrogen-bond acceptors (Lipinski definition) is 4. The molecule has 5 nitrogen and oxygen atoms in total. The topological polar surface area (TPSA) is 56.8 Å². The summed E-state index contributed by atoms with van der Waals surface area (Å²) in [5.74, 6) is 1.74. The van der Waals surface area contributed by atoms with E-state index in [4.69, 9.17) is 14.2 Å². The molecular formula is C17H18BrNO4. The normalized spacial score (nSPS) is 10.0. The summed E-state index contributed by atoms with van der Waals surface area (Å²) in [4.78, 5) is 12.2. The molecule has 122 valence electrons. The number of carbonyl (C=O) groups is 1. The fourth-order valence-corrected chi connectivity index (χ4v) is 2.39. The van der Waals surface area contributed by atoms with Crippen molar-refractivity contribution in [2.75, 3.05) is 27.4 Å². The standard InChI is InChI=1S/C17H18BrNO4/c1-21-12-7-8-14(18)13(11-12)17(20)19-9-10-23-16-6-4-3-5-15(16)22-2/h3-8,11H,9-10H2,1-2H3,(H,19,20). The summed E-state index contributed by atoms with van der Waals surface area (Å²) >= 11 is 3.36. The van der Waals surface area contributed by atoms with Crippen LogP contribution in [0.3, 0.4) is 0 Å². The third-order valence-electron chi connectivity index (χ3n) is 3.13. The van der Waals surface area contributed by atoms with Crippen LogP contribution in [0, 0.1) is 0 Å². The molecule has 0 bridgehead atoms. The molecule has 0 aliphatic heterocycles. The third kappa shape index (κ3) is 4.63. The average molecular weight is 380 g/mol. The van der Waals surface area contributed by atoms with Gasteiger partial charge in [-0.05, 0) is 46.3 Å². The van der Waals surface area contributed by atoms with E-state index in [-0.39, 0.29) is 5.91 Å². The van der Waals surface area contributed by atoms with Crippen LogP contribution in [0.2, 0.25) is 0 Å². The van der Waals surface area contributed by atoms with Gasteiger partial charge in [-0.25, -0.2) is 0 Å². The van der Waals surface area contributed by atoms with Gasteiger partial charge in [-0.2, -0.15) is 0 Å². The number of ether oxygens (including phenoxy) is 3. The molecule has 6 heteroatoms. The fraction of sp³-hybridized carbons (Fsp3) is 0.235. The molecule has 0 aliphatic rings. The van der Waals surface area contributed by atoms with Crippen LogP contribution in [0.4, 0.5) is 0 Å². The first-order valence-electron chi connectivity index (χ1n) is 7.03. The number of hydrogen-bond donors (Lipinski definition) is 1. The Hall–Kier alpha value is -2.21. The second-order valence-electron chi connectivity index (χ2n) is 4.60. The Labute approximate surface area is 143 Å². The Morgan fingerprint density at radius 3 is 2.52 bits per heavy atom. The summed E-state index contributed by atoms with van der Waals surface area (Å²) in [6.07, 6.45) is 0. The highest BCUT2D eigenvalue weighted by molar-refractivity contribution is 9.10. The number of benzene rings is 2. The van der Waals surface area contributed by atoms with Crippen LogP contribution >= 0.6 is 15.9 Å². The molecule has 2 aromatic rings. The van der Waals surface area contributed by atoms with Gasteiger partial charge in [0.15, 0.2) is 11.5 Å². The van der Waals surface area contributed by atoms with E-state index in [9.17, 15) is 4.79 Å². The first kappa shape index (κ1) is 17.1. The van der Waals surface area contributed by atoms with Gasteiger partial charge < -0.3 is 19.5 Å². The van der Waals surface area contributed by atoms with Crippen LogP contribution in [-0.4, -0.2) is 33.3 Å². The summed E-state index contributed by atoms with van der Waals surface area (Å²) in [5, 5.41) is 2.81. The predicted molar refractivity (Wildman–Crippen MR) is 91.5 cm³/mol. The number of nitrogens with one attached hydrogen (secondary N) is 1. The molecule has 0 radical (unpaired) electrons. The van der Waals surface area contributed by atoms with Crippen LogP contribution in [0.15, 0.2) is 46.9 Å². The fourth-order valence-electron chi connectivity index (χ4n) is 1.96. The minimum atomic E-state index is -0.195. The molecular weight excluding hydrogens is 362 g/mol. The van der Waals surface area contributed by atoms with Gasteiger partial charge in [0.1, 0.15) is 12.4 Å². The van der Waals surface area contributed by atoms with Crippen LogP contribution in [0.1, 0.15) is 10.4 Å². The maximum atomic E-state index is 12.2. The Balaban J connectivity index is 1.88. The van der Waals surface area contributed by atoms with Crippen LogP contribution in [-0.2, 0) is 0 Å². The molecule has 0 aliphatic carbocycles. The Bertz CT molecular complexity index is 675. The summed E-state index contributed by atoms with van der Waals surface area (Å²) in [6, 6.07) is 12.6. The molecule has 1 N–H and O–H groups in total. The Morgan fingerprint density at radius 1 is 1.09 bits per heavy atom. The van der Waals surface area contributed by atoms with Crippen LogP contribution in [0.25, 0.3) is 0 Å². The quantitative estimate of drug-likeness (QED) is 0.750. The largest absolute Gasteiger partial charge is 0.497 e. The number of rotatable bonds is 7. The van der Waals surface area contributed by atoms with Crippen molar-refractivity contribution in [3.63, 3.8) is 0 Å². The van der Waals surface area contributed by atoms with Gasteiger partial charge >= 0.3 is 0 Å². The Morgan fingerprint density at radius 2 is 1.83 bits per heavy atom. The lowest BCUT2D eigenvalue weighted by Gasteiger charge is -2.11. The molecule has 2 aromatic carbocycles. The van der Waals surface area contributed by atoms with E-state index < -0.39 is 0 Å². The smallest absolute Gasteiger partial charge is 0.252 e. The number of para-hydroxylation sites is 2. The van der Waals surface area contributed by atoms with E-state index >= 15 is 0 Å². The van der Waals surface area contributed by atoms with Crippen molar-refractivity contribution in [1.82, 2.24) is 5.32 Å². The number of amides is 1. The second kappa shape index (κ2) is 8.43. The lowest BCUT2D eigenvalue weighted by Crippen LogP contribution is -2.28. The van der Waals surface area contributed by atoms with Crippen molar-refractivity contribution < 1.29 is 19.0 Å². The van der Waals surface area contributed by atoms with E-state index in [1.807, 2.05) is 24.3 Å². The van der Waals surface area contributed by atoms with E-state index in [1.165, 1.54) is 0 Å². The van der Waals surface area contributed by atoms with Gasteiger partial charge in [-0.3, -0.25) is 4.79 Å². The lowest BCUT2D eigenvalue weighted by molar-refractivity contribution is 0.0945. The minimum Gasteiger partial charge on any atom is -0.497 e. The Kier molecular flexibility index (Phi) is 6.29. The van der Waals surface area contributed by atoms with Gasteiger partial charge in [-0.15, -0.1) is 0 Å². The van der Waals surface area contributed by atoms with E-state index in [2.05, 4.69) is 21.2 Å². The van der Waals surface area contributed by atoms with Crippen molar-refractivity contribution in [1.29, 1.82) is 0 Å². The summed E-state index contributed by atoms with van der Waals surface area (Å²) < 4.78 is 16.7. The molecule has 1 amide bonds. The number of methoxy groups -OCH3 is 2. The van der Waals surface area contributed by atoms with Gasteiger partial charge in [0.05, 0.1) is 26.3 Å². The van der Waals surface area contributed by atoms with E-state index in [1.54, 1.807) is 32.4 Å². The maximum Gasteiger partial charge on any atom is 0.252 e. The lowest BCUT2D eigenvalue weighted by atomic mass is 10.2. The molecule has 0 fully saturated rings. The molecule has 0 saturated carbocycles. The molecule has 0 unspecified atom stereocenters. The summed E-state index contributed by atoms with van der Waals surface area (Å²) in [5.41, 5.74) is 0.515. The third-order valence-corrected chi connectivity index (χ3v) is 3.82. The van der Waals surface area contributed by atoms with Crippen LogP contribution in [0.5, 0.6) is 17.2 Å². The summed E-state index contributed by atoms with van der Waals surface area (Å²) in [6.45, 7) is 0.717. The van der Waals surface area contributed by atoms with Gasteiger partial charge in [0, 0.05) is 4.47 Å². The monoisotopic (exact) mass is 379 g/mol. The predicted octanol–water partition coefficient (Wildman–Crippen LogP) is 3.28.